The summed E-state index contributed by atoms with van der Waals surface area (Å²) >= 11 is 3.57. The maximum absolute atomic E-state index is 6.99. The zero-order valence-corrected chi connectivity index (χ0v) is 42.8. The summed E-state index contributed by atoms with van der Waals surface area (Å²) in [4.78, 5) is 16.2. The Morgan fingerprint density at radius 2 is 0.974 bits per heavy atom. The maximum atomic E-state index is 6.99. The molecule has 0 N–H and O–H groups in total. The third-order valence-corrected chi connectivity index (χ3v) is 17.5. The molecule has 0 spiro atoms. The average molecular weight is 1020 g/mol. The molecule has 0 saturated heterocycles. The molecule has 0 fully saturated rings. The van der Waals surface area contributed by atoms with Crippen molar-refractivity contribution in [3.05, 3.63) is 237 Å². The van der Waals surface area contributed by atoms with Crippen LogP contribution < -0.4 is 0 Å². The minimum atomic E-state index is 0.549. The van der Waals surface area contributed by atoms with E-state index in [1.807, 2.05) is 30.4 Å². The van der Waals surface area contributed by atoms with Crippen LogP contribution in [0.15, 0.2) is 240 Å². The fourth-order valence-corrected chi connectivity index (χ4v) is 14.0. The van der Waals surface area contributed by atoms with Crippen molar-refractivity contribution in [2.45, 2.75) is 0 Å². The Morgan fingerprint density at radius 3 is 1.66 bits per heavy atom. The number of hydrogen-bond acceptors (Lipinski definition) is 7. The van der Waals surface area contributed by atoms with Crippen molar-refractivity contribution in [3.63, 3.8) is 0 Å². The van der Waals surface area contributed by atoms with Crippen molar-refractivity contribution < 1.29 is 8.83 Å². The number of benzene rings is 10. The molecule has 10 aromatic carbocycles. The number of aromatic nitrogens is 4. The van der Waals surface area contributed by atoms with Crippen LogP contribution in [0.3, 0.4) is 0 Å². The molecule has 0 atom stereocenters. The molecular formula is C69H40N4O2S2. The van der Waals surface area contributed by atoms with Gasteiger partial charge in [0, 0.05) is 89.7 Å². The molecule has 6 nitrogen and oxygen atoms in total. The summed E-state index contributed by atoms with van der Waals surface area (Å²) in [6.07, 6.45) is 5.76. The van der Waals surface area contributed by atoms with Gasteiger partial charge in [0.05, 0.1) is 27.5 Å². The predicted octanol–water partition coefficient (Wildman–Crippen LogP) is 19.9. The van der Waals surface area contributed by atoms with Gasteiger partial charge in [-0.15, -0.1) is 22.7 Å². The molecule has 0 saturated carbocycles. The normalized spacial score (nSPS) is 12.3. The van der Waals surface area contributed by atoms with Gasteiger partial charge in [-0.1, -0.05) is 159 Å². The standard InChI is InChI=1S/C69H40N4O2S2/c1-3-16-39(4-2)52-35-43(69-71-67(41-27-29-47-45-20-10-14-25-58(45)76-60(47)37-41)70-68(72-69)42-28-30-48-46-21-11-15-26-59(46)77-61(48)38-42)36-53(40-17-6-5-7-18-40)64(52)73-54-23-12-8-22-50(54)62-55(73)33-31-51-63-57(75-66(51)62)34-32-49-44-19-9-13-24-56(44)74-65(49)63/h3-38H,1-2H2/b39-16+. The number of para-hydroxylation sites is 2. The number of furan rings is 2. The SMILES string of the molecule is C=C/C=C(\C=C)c1cc(-c2nc(-c3ccc4c(c3)sc3ccccc34)nc(-c3ccc4c(c3)sc3ccccc34)n2)cc(-c2ccccc2)c1-n1c2ccccc2c2c3oc4ccc5c6ccccc6oc5c4c3ccc21. The highest BCUT2D eigenvalue weighted by atomic mass is 32.1. The Morgan fingerprint density at radius 1 is 0.416 bits per heavy atom. The van der Waals surface area contributed by atoms with Gasteiger partial charge < -0.3 is 13.4 Å². The lowest BCUT2D eigenvalue weighted by Crippen LogP contribution is -2.05. The summed E-state index contributed by atoms with van der Waals surface area (Å²) < 4.78 is 20.8. The molecule has 0 bridgehead atoms. The zero-order valence-electron chi connectivity index (χ0n) is 41.1. The molecule has 77 heavy (non-hydrogen) atoms. The molecule has 16 rings (SSSR count). The van der Waals surface area contributed by atoms with Gasteiger partial charge in [-0.05, 0) is 83.9 Å². The van der Waals surface area contributed by atoms with Crippen molar-refractivity contribution >= 4 is 134 Å². The smallest absolute Gasteiger partial charge is 0.164 e. The summed E-state index contributed by atoms with van der Waals surface area (Å²) in [5, 5.41) is 11.1. The Bertz CT molecular complexity index is 5090. The highest BCUT2D eigenvalue weighted by Crippen LogP contribution is 2.48. The Hall–Kier alpha value is -9.73. The van der Waals surface area contributed by atoms with Crippen LogP contribution >= 0.6 is 22.7 Å². The second kappa shape index (κ2) is 16.9. The molecule has 6 heterocycles. The molecule has 360 valence electrons. The molecule has 0 radical (unpaired) electrons. The lowest BCUT2D eigenvalue weighted by Gasteiger charge is -2.21. The van der Waals surface area contributed by atoms with Crippen LogP contribution in [0.4, 0.5) is 0 Å². The number of hydrogen-bond donors (Lipinski definition) is 0. The molecule has 0 aliphatic heterocycles. The molecule has 16 aromatic rings. The predicted molar refractivity (Wildman–Crippen MR) is 325 cm³/mol. The lowest BCUT2D eigenvalue weighted by atomic mass is 9.92. The summed E-state index contributed by atoms with van der Waals surface area (Å²) in [6.45, 7) is 8.61. The van der Waals surface area contributed by atoms with E-state index < -0.39 is 0 Å². The molecule has 0 amide bonds. The van der Waals surface area contributed by atoms with Crippen molar-refractivity contribution in [1.82, 2.24) is 19.5 Å². The number of allylic oxidation sites excluding steroid dienone is 4. The van der Waals surface area contributed by atoms with E-state index in [1.54, 1.807) is 22.7 Å². The number of nitrogens with zero attached hydrogens (tertiary/aromatic N) is 4. The van der Waals surface area contributed by atoms with Gasteiger partial charge in [0.1, 0.15) is 22.3 Å². The van der Waals surface area contributed by atoms with Gasteiger partial charge in [-0.2, -0.15) is 0 Å². The topological polar surface area (TPSA) is 69.9 Å². The highest BCUT2D eigenvalue weighted by Gasteiger charge is 2.26. The molecule has 0 unspecified atom stereocenters. The molecule has 0 aliphatic carbocycles. The van der Waals surface area contributed by atoms with Gasteiger partial charge in [0.25, 0.3) is 0 Å². The van der Waals surface area contributed by atoms with Crippen LogP contribution in [0, 0.1) is 0 Å². The van der Waals surface area contributed by atoms with Crippen LogP contribution in [0.1, 0.15) is 5.56 Å². The summed E-state index contributed by atoms with van der Waals surface area (Å²) in [5.74, 6) is 1.74. The van der Waals surface area contributed by atoms with Crippen LogP contribution in [-0.2, 0) is 0 Å². The second-order valence-electron chi connectivity index (χ2n) is 19.5. The van der Waals surface area contributed by atoms with Crippen LogP contribution in [0.25, 0.3) is 163 Å². The monoisotopic (exact) mass is 1020 g/mol. The molecular weight excluding hydrogens is 981 g/mol. The van der Waals surface area contributed by atoms with Crippen molar-refractivity contribution in [3.8, 4) is 51.0 Å². The van der Waals surface area contributed by atoms with E-state index in [9.17, 15) is 0 Å². The molecule has 8 heteroatoms. The first-order chi connectivity index (χ1) is 38.1. The largest absolute Gasteiger partial charge is 0.455 e. The number of fused-ring (bicyclic) bond motifs is 17. The summed E-state index contributed by atoms with van der Waals surface area (Å²) in [5.41, 5.74) is 12.7. The Labute approximate surface area is 448 Å². The van der Waals surface area contributed by atoms with Crippen LogP contribution in [0.5, 0.6) is 0 Å². The second-order valence-corrected chi connectivity index (χ2v) is 21.6. The van der Waals surface area contributed by atoms with E-state index in [4.69, 9.17) is 23.8 Å². The van der Waals surface area contributed by atoms with E-state index in [0.29, 0.717) is 17.5 Å². The van der Waals surface area contributed by atoms with Gasteiger partial charge in [-0.3, -0.25) is 0 Å². The van der Waals surface area contributed by atoms with Gasteiger partial charge in [0.2, 0.25) is 0 Å². The first-order valence-electron chi connectivity index (χ1n) is 25.5. The quantitative estimate of drug-likeness (QED) is 0.142. The van der Waals surface area contributed by atoms with Crippen molar-refractivity contribution in [1.29, 1.82) is 0 Å². The number of thiophene rings is 2. The fourth-order valence-electron chi connectivity index (χ4n) is 11.7. The third-order valence-electron chi connectivity index (χ3n) is 15.2. The van der Waals surface area contributed by atoms with Gasteiger partial charge in [-0.25, -0.2) is 15.0 Å². The first kappa shape index (κ1) is 43.6. The molecule has 6 aromatic heterocycles. The van der Waals surface area contributed by atoms with Gasteiger partial charge >= 0.3 is 0 Å². The Kier molecular flexibility index (Phi) is 9.58. The minimum absolute atomic E-state index is 0.549. The van der Waals surface area contributed by atoms with Crippen LogP contribution in [-0.4, -0.2) is 19.5 Å². The third kappa shape index (κ3) is 6.63. The minimum Gasteiger partial charge on any atom is -0.455 e. The van der Waals surface area contributed by atoms with Crippen LogP contribution in [0.2, 0.25) is 0 Å². The van der Waals surface area contributed by atoms with Crippen molar-refractivity contribution in [2.24, 2.45) is 0 Å². The Balaban J connectivity index is 0.973. The van der Waals surface area contributed by atoms with E-state index in [-0.39, 0.29) is 0 Å². The zero-order chi connectivity index (χ0) is 50.9. The summed E-state index contributed by atoms with van der Waals surface area (Å²) in [7, 11) is 0. The maximum Gasteiger partial charge on any atom is 0.164 e. The highest BCUT2D eigenvalue weighted by molar-refractivity contribution is 7.26. The van der Waals surface area contributed by atoms with E-state index in [1.165, 1.54) is 40.3 Å². The van der Waals surface area contributed by atoms with E-state index in [0.717, 1.165) is 110 Å². The first-order valence-corrected chi connectivity index (χ1v) is 27.2. The van der Waals surface area contributed by atoms with Crippen molar-refractivity contribution in [2.75, 3.05) is 0 Å². The van der Waals surface area contributed by atoms with E-state index in [2.05, 4.69) is 206 Å². The summed E-state index contributed by atoms with van der Waals surface area (Å²) in [6, 6.07) is 70.8. The number of rotatable bonds is 8. The fraction of sp³-hybridized carbons (Fsp3) is 0. The average Bonchev–Trinajstić information content (AvgIpc) is 4.50. The van der Waals surface area contributed by atoms with E-state index >= 15 is 0 Å². The lowest BCUT2D eigenvalue weighted by molar-refractivity contribution is 0.665. The molecule has 0 aliphatic rings. The van der Waals surface area contributed by atoms with Gasteiger partial charge in [0.15, 0.2) is 17.5 Å².